The molecule has 1 fully saturated rings. The highest BCUT2D eigenvalue weighted by atomic mass is 15.1. The summed E-state index contributed by atoms with van der Waals surface area (Å²) in [6.07, 6.45) is 13.8. The van der Waals surface area contributed by atoms with Crippen molar-refractivity contribution in [3.8, 4) is 0 Å². The van der Waals surface area contributed by atoms with Gasteiger partial charge in [0.2, 0.25) is 0 Å². The number of allylic oxidation sites excluding steroid dienone is 1. The second-order valence-corrected chi connectivity index (χ2v) is 14.4. The Morgan fingerprint density at radius 3 is 2.18 bits per heavy atom. The maximum atomic E-state index is 4.36. The Balaban J connectivity index is 1.39. The van der Waals surface area contributed by atoms with E-state index in [1.807, 2.05) is 0 Å². The van der Waals surface area contributed by atoms with Gasteiger partial charge in [-0.1, -0.05) is 108 Å². The van der Waals surface area contributed by atoms with Crippen LogP contribution in [0.25, 0.3) is 0 Å². The van der Waals surface area contributed by atoms with E-state index in [4.69, 9.17) is 0 Å². The molecule has 4 rings (SSSR count). The third-order valence-electron chi connectivity index (χ3n) is 10.7. The molecule has 0 aliphatic carbocycles. The number of benzene rings is 3. The molecule has 0 radical (unpaired) electrons. The summed E-state index contributed by atoms with van der Waals surface area (Å²) in [7, 11) is 0. The van der Waals surface area contributed by atoms with Gasteiger partial charge < -0.3 is 4.90 Å². The highest BCUT2D eigenvalue weighted by Crippen LogP contribution is 2.38. The zero-order valence-corrected chi connectivity index (χ0v) is 29.2. The molecular weight excluding hydrogens is 530 g/mol. The van der Waals surface area contributed by atoms with E-state index in [9.17, 15) is 0 Å². The van der Waals surface area contributed by atoms with Crippen molar-refractivity contribution in [2.75, 3.05) is 18.0 Å². The molecule has 44 heavy (non-hydrogen) atoms. The SMILES string of the molecule is C=C[C@H](CC1CCN(c2ccccc2C(C)C)CC1)c1cc([C@H](C)CC(CCC)CCCc2ccccc2C)c(C)cc1C. The fraction of sp³-hybridized carbons (Fsp3) is 0.535. The number of aryl methyl sites for hydroxylation is 4. The van der Waals surface area contributed by atoms with Gasteiger partial charge in [0.05, 0.1) is 0 Å². The summed E-state index contributed by atoms with van der Waals surface area (Å²) < 4.78 is 0. The minimum absolute atomic E-state index is 0.432. The molecule has 0 spiro atoms. The Bertz CT molecular complexity index is 1320. The first-order valence-corrected chi connectivity index (χ1v) is 17.8. The molecule has 1 saturated heterocycles. The number of hydrogen-bond donors (Lipinski definition) is 0. The highest BCUT2D eigenvalue weighted by molar-refractivity contribution is 5.55. The summed E-state index contributed by atoms with van der Waals surface area (Å²) in [5.41, 5.74) is 11.9. The van der Waals surface area contributed by atoms with Gasteiger partial charge in [-0.05, 0) is 128 Å². The van der Waals surface area contributed by atoms with E-state index in [1.165, 1.54) is 96.9 Å². The lowest BCUT2D eigenvalue weighted by atomic mass is 9.78. The van der Waals surface area contributed by atoms with Crippen LogP contribution in [-0.2, 0) is 6.42 Å². The largest absolute Gasteiger partial charge is 0.371 e. The zero-order chi connectivity index (χ0) is 31.6. The summed E-state index contributed by atoms with van der Waals surface area (Å²) >= 11 is 0. The van der Waals surface area contributed by atoms with Gasteiger partial charge in [0.25, 0.3) is 0 Å². The van der Waals surface area contributed by atoms with Crippen LogP contribution in [0.15, 0.2) is 73.3 Å². The molecule has 1 unspecified atom stereocenters. The van der Waals surface area contributed by atoms with E-state index in [-0.39, 0.29) is 0 Å². The molecule has 0 saturated carbocycles. The number of piperidine rings is 1. The van der Waals surface area contributed by atoms with Gasteiger partial charge in [0, 0.05) is 24.7 Å². The first-order chi connectivity index (χ1) is 21.2. The molecule has 1 aliphatic rings. The molecule has 1 aliphatic heterocycles. The van der Waals surface area contributed by atoms with Crippen LogP contribution in [0.4, 0.5) is 5.69 Å². The average Bonchev–Trinajstić information content (AvgIpc) is 3.01. The normalized spacial score (nSPS) is 16.2. The van der Waals surface area contributed by atoms with Gasteiger partial charge >= 0.3 is 0 Å². The summed E-state index contributed by atoms with van der Waals surface area (Å²) in [6, 6.07) is 23.0. The van der Waals surface area contributed by atoms with Crippen molar-refractivity contribution in [2.24, 2.45) is 11.8 Å². The van der Waals surface area contributed by atoms with Crippen molar-refractivity contribution in [1.29, 1.82) is 0 Å². The molecule has 3 aromatic carbocycles. The van der Waals surface area contributed by atoms with Crippen LogP contribution < -0.4 is 4.90 Å². The van der Waals surface area contributed by atoms with Crippen molar-refractivity contribution < 1.29 is 0 Å². The standard InChI is InChI=1S/C43H61N/c1-9-16-36(18-15-20-39-19-12-11-17-32(39)5)28-35(8)41-30-42(34(7)27-33(41)6)38(10-2)29-37-23-25-44(26-24-37)43-22-14-13-21-40(43)31(3)4/h10-14,17,19,21-22,27,30-31,35-38H,2,9,15-16,18,20,23-26,28-29H2,1,3-8H3/t35-,36?,38-/m1/s1. The maximum absolute atomic E-state index is 4.36. The molecule has 3 atom stereocenters. The average molecular weight is 592 g/mol. The van der Waals surface area contributed by atoms with Crippen molar-refractivity contribution in [3.05, 3.63) is 112 Å². The summed E-state index contributed by atoms with van der Waals surface area (Å²) in [5, 5.41) is 0. The zero-order valence-electron chi connectivity index (χ0n) is 29.2. The van der Waals surface area contributed by atoms with E-state index in [2.05, 4.69) is 127 Å². The quantitative estimate of drug-likeness (QED) is 0.159. The number of para-hydroxylation sites is 1. The Hall–Kier alpha value is -2.80. The predicted octanol–water partition coefficient (Wildman–Crippen LogP) is 12.2. The van der Waals surface area contributed by atoms with E-state index >= 15 is 0 Å². The minimum Gasteiger partial charge on any atom is -0.371 e. The Labute approximate surface area is 271 Å². The smallest absolute Gasteiger partial charge is 0.0401 e. The van der Waals surface area contributed by atoms with Gasteiger partial charge in [0.1, 0.15) is 0 Å². The van der Waals surface area contributed by atoms with Crippen LogP contribution in [0.2, 0.25) is 0 Å². The van der Waals surface area contributed by atoms with E-state index in [0.717, 1.165) is 24.9 Å². The Morgan fingerprint density at radius 2 is 1.50 bits per heavy atom. The Morgan fingerprint density at radius 1 is 0.818 bits per heavy atom. The number of hydrogen-bond acceptors (Lipinski definition) is 1. The van der Waals surface area contributed by atoms with Crippen molar-refractivity contribution in [1.82, 2.24) is 0 Å². The lowest BCUT2D eigenvalue weighted by molar-refractivity contribution is 0.368. The highest BCUT2D eigenvalue weighted by Gasteiger charge is 2.25. The number of anilines is 1. The molecule has 1 heterocycles. The van der Waals surface area contributed by atoms with Crippen molar-refractivity contribution >= 4 is 5.69 Å². The third kappa shape index (κ3) is 8.89. The van der Waals surface area contributed by atoms with Crippen molar-refractivity contribution in [2.45, 2.75) is 124 Å². The summed E-state index contributed by atoms with van der Waals surface area (Å²) in [6.45, 7) is 23.1. The first kappa shape index (κ1) is 34.1. The van der Waals surface area contributed by atoms with E-state index < -0.39 is 0 Å². The molecule has 0 aromatic heterocycles. The lowest BCUT2D eigenvalue weighted by Gasteiger charge is -2.36. The maximum Gasteiger partial charge on any atom is 0.0401 e. The lowest BCUT2D eigenvalue weighted by Crippen LogP contribution is -2.34. The van der Waals surface area contributed by atoms with Gasteiger partial charge in [-0.2, -0.15) is 0 Å². The van der Waals surface area contributed by atoms with E-state index in [0.29, 0.717) is 17.8 Å². The molecule has 0 N–H and O–H groups in total. The topological polar surface area (TPSA) is 3.24 Å². The van der Waals surface area contributed by atoms with Crippen LogP contribution in [0.1, 0.15) is 136 Å². The van der Waals surface area contributed by atoms with Gasteiger partial charge in [-0.3, -0.25) is 0 Å². The molecule has 3 aromatic rings. The molecule has 0 bridgehead atoms. The molecule has 0 amide bonds. The molecule has 238 valence electrons. The van der Waals surface area contributed by atoms with E-state index in [1.54, 1.807) is 5.56 Å². The molecule has 1 heteroatoms. The monoisotopic (exact) mass is 591 g/mol. The van der Waals surface area contributed by atoms with Crippen LogP contribution in [-0.4, -0.2) is 13.1 Å². The van der Waals surface area contributed by atoms with Gasteiger partial charge in [-0.15, -0.1) is 6.58 Å². The molecular formula is C43H61N. The second-order valence-electron chi connectivity index (χ2n) is 14.4. The second kappa shape index (κ2) is 16.5. The Kier molecular flexibility index (Phi) is 12.8. The minimum atomic E-state index is 0.432. The number of rotatable bonds is 15. The third-order valence-corrected chi connectivity index (χ3v) is 10.7. The first-order valence-electron chi connectivity index (χ1n) is 17.8. The summed E-state index contributed by atoms with van der Waals surface area (Å²) in [4.78, 5) is 2.64. The van der Waals surface area contributed by atoms with Gasteiger partial charge in [0.15, 0.2) is 0 Å². The fourth-order valence-electron chi connectivity index (χ4n) is 8.09. The number of nitrogens with zero attached hydrogens (tertiary/aromatic N) is 1. The van der Waals surface area contributed by atoms with Crippen LogP contribution in [0.5, 0.6) is 0 Å². The summed E-state index contributed by atoms with van der Waals surface area (Å²) in [5.74, 6) is 3.13. The fourth-order valence-corrected chi connectivity index (χ4v) is 8.09. The molecule has 1 nitrogen and oxygen atoms in total. The van der Waals surface area contributed by atoms with Gasteiger partial charge in [-0.25, -0.2) is 0 Å². The van der Waals surface area contributed by atoms with Crippen molar-refractivity contribution in [3.63, 3.8) is 0 Å². The predicted molar refractivity (Wildman–Crippen MR) is 194 cm³/mol. The van der Waals surface area contributed by atoms with Crippen LogP contribution >= 0.6 is 0 Å². The van der Waals surface area contributed by atoms with Crippen LogP contribution in [0, 0.1) is 32.6 Å². The van der Waals surface area contributed by atoms with Crippen LogP contribution in [0.3, 0.4) is 0 Å².